The van der Waals surface area contributed by atoms with Crippen molar-refractivity contribution < 1.29 is 14.6 Å². The summed E-state index contributed by atoms with van der Waals surface area (Å²) >= 11 is 12.2. The van der Waals surface area contributed by atoms with Gasteiger partial charge in [-0.25, -0.2) is 5.43 Å². The number of nitrogens with one attached hydrogen (secondary N) is 1. The van der Waals surface area contributed by atoms with Gasteiger partial charge in [0.2, 0.25) is 0 Å². The number of ether oxygens (including phenoxy) is 1. The Bertz CT molecular complexity index is 730. The minimum Gasteiger partial charge on any atom is -0.506 e. The topological polar surface area (TPSA) is 70.9 Å². The molecule has 0 saturated heterocycles. The lowest BCUT2D eigenvalue weighted by Gasteiger charge is -2.05. The molecule has 2 aromatic rings. The molecule has 120 valence electrons. The number of amides is 1. The summed E-state index contributed by atoms with van der Waals surface area (Å²) in [4.78, 5) is 11.6. The number of carbonyl (C=O) groups is 1. The van der Waals surface area contributed by atoms with E-state index in [1.165, 1.54) is 6.21 Å². The minimum atomic E-state index is -0.405. The number of rotatable bonds is 5. The van der Waals surface area contributed by atoms with Gasteiger partial charge in [-0.15, -0.1) is 0 Å². The van der Waals surface area contributed by atoms with E-state index in [-0.39, 0.29) is 12.4 Å². The maximum atomic E-state index is 11.6. The summed E-state index contributed by atoms with van der Waals surface area (Å²) in [6.45, 7) is -0.180. The third kappa shape index (κ3) is 5.53. The molecule has 0 aliphatic carbocycles. The molecule has 0 bridgehead atoms. The van der Waals surface area contributed by atoms with Gasteiger partial charge in [0.25, 0.3) is 5.91 Å². The second-order valence-corrected chi connectivity index (χ2v) is 6.52. The minimum absolute atomic E-state index is 0.0982. The summed E-state index contributed by atoms with van der Waals surface area (Å²) < 4.78 is 6.32. The molecule has 23 heavy (non-hydrogen) atoms. The monoisotopic (exact) mass is 460 g/mol. The maximum Gasteiger partial charge on any atom is 0.277 e. The van der Waals surface area contributed by atoms with Gasteiger partial charge in [0.1, 0.15) is 11.5 Å². The zero-order chi connectivity index (χ0) is 16.8. The fourth-order valence-electron chi connectivity index (χ4n) is 1.58. The molecule has 0 heterocycles. The van der Waals surface area contributed by atoms with Crippen molar-refractivity contribution in [2.45, 2.75) is 0 Å². The summed E-state index contributed by atoms with van der Waals surface area (Å²) in [5.74, 6) is 0.197. The first-order valence-electron chi connectivity index (χ1n) is 6.34. The van der Waals surface area contributed by atoms with Crippen molar-refractivity contribution in [2.24, 2.45) is 5.10 Å². The van der Waals surface area contributed by atoms with E-state index in [1.54, 1.807) is 36.4 Å². The molecule has 1 amide bonds. The lowest BCUT2D eigenvalue weighted by molar-refractivity contribution is -0.123. The van der Waals surface area contributed by atoms with Crippen molar-refractivity contribution in [3.63, 3.8) is 0 Å². The van der Waals surface area contributed by atoms with Crippen molar-refractivity contribution in [3.8, 4) is 11.5 Å². The number of aromatic hydroxyl groups is 1. The Morgan fingerprint density at radius 1 is 1.30 bits per heavy atom. The van der Waals surface area contributed by atoms with Crippen LogP contribution in [0.25, 0.3) is 0 Å². The number of hydrazone groups is 1. The molecule has 0 radical (unpaired) electrons. The molecule has 0 aliphatic heterocycles. The highest BCUT2D eigenvalue weighted by molar-refractivity contribution is 9.11. The summed E-state index contributed by atoms with van der Waals surface area (Å²) in [5.41, 5.74) is 3.04. The summed E-state index contributed by atoms with van der Waals surface area (Å²) in [7, 11) is 0. The molecule has 5 nitrogen and oxygen atoms in total. The molecule has 0 atom stereocenters. The van der Waals surface area contributed by atoms with E-state index >= 15 is 0 Å². The molecule has 0 unspecified atom stereocenters. The Morgan fingerprint density at radius 2 is 2.00 bits per heavy atom. The van der Waals surface area contributed by atoms with Crippen LogP contribution in [0.1, 0.15) is 5.56 Å². The number of nitrogens with zero attached hydrogens (tertiary/aromatic N) is 1. The van der Waals surface area contributed by atoms with Crippen LogP contribution < -0.4 is 10.2 Å². The van der Waals surface area contributed by atoms with Gasteiger partial charge in [-0.3, -0.25) is 4.79 Å². The zero-order valence-corrected chi connectivity index (χ0v) is 15.5. The summed E-state index contributed by atoms with van der Waals surface area (Å²) in [6, 6.07) is 10.1. The normalized spacial score (nSPS) is 10.7. The smallest absolute Gasteiger partial charge is 0.277 e. The lowest BCUT2D eigenvalue weighted by atomic mass is 10.2. The molecule has 8 heteroatoms. The van der Waals surface area contributed by atoms with E-state index in [0.29, 0.717) is 25.3 Å². The number of phenolic OH excluding ortho intramolecular Hbond substituents is 1. The molecule has 2 N–H and O–H groups in total. The van der Waals surface area contributed by atoms with Crippen LogP contribution in [0.2, 0.25) is 5.02 Å². The molecule has 0 saturated carbocycles. The highest BCUT2D eigenvalue weighted by Crippen LogP contribution is 2.32. The third-order valence-electron chi connectivity index (χ3n) is 2.61. The summed E-state index contributed by atoms with van der Waals surface area (Å²) in [5, 5.41) is 14.0. The number of benzene rings is 2. The molecule has 0 fully saturated rings. The van der Waals surface area contributed by atoms with Crippen molar-refractivity contribution in [1.29, 1.82) is 0 Å². The first kappa shape index (κ1) is 17.8. The average Bonchev–Trinajstić information content (AvgIpc) is 2.50. The second kappa shape index (κ2) is 8.33. The molecular weight excluding hydrogens is 451 g/mol. The molecular formula is C15H11Br2ClN2O3. The Kier molecular flexibility index (Phi) is 6.44. The lowest BCUT2D eigenvalue weighted by Crippen LogP contribution is -2.24. The largest absolute Gasteiger partial charge is 0.506 e. The quantitative estimate of drug-likeness (QED) is 0.519. The SMILES string of the molecule is O=C(COc1cccc(Cl)c1)N/N=C/c1cc(Br)c(O)c(Br)c1. The van der Waals surface area contributed by atoms with Crippen LogP contribution in [0, 0.1) is 0 Å². The standard InChI is InChI=1S/C15H11Br2ClN2O3/c16-12-4-9(5-13(17)15(12)22)7-19-20-14(21)8-23-11-3-1-2-10(18)6-11/h1-7,22H,8H2,(H,20,21)/b19-7+. The van der Waals surface area contributed by atoms with E-state index < -0.39 is 5.91 Å². The fourth-order valence-corrected chi connectivity index (χ4v) is 2.98. The van der Waals surface area contributed by atoms with Crippen molar-refractivity contribution in [1.82, 2.24) is 5.43 Å². The van der Waals surface area contributed by atoms with E-state index in [2.05, 4.69) is 42.4 Å². The molecule has 2 rings (SSSR count). The van der Waals surface area contributed by atoms with Gasteiger partial charge in [0.05, 0.1) is 15.2 Å². The Hall–Kier alpha value is -1.57. The van der Waals surface area contributed by atoms with Crippen LogP contribution in [-0.4, -0.2) is 23.8 Å². The van der Waals surface area contributed by atoms with Crippen LogP contribution >= 0.6 is 43.5 Å². The van der Waals surface area contributed by atoms with Crippen LogP contribution in [0.5, 0.6) is 11.5 Å². The predicted octanol–water partition coefficient (Wildman–Crippen LogP) is 4.10. The van der Waals surface area contributed by atoms with Gasteiger partial charge in [0, 0.05) is 5.02 Å². The first-order chi connectivity index (χ1) is 11.0. The fraction of sp³-hybridized carbons (Fsp3) is 0.0667. The van der Waals surface area contributed by atoms with Crippen molar-refractivity contribution >= 4 is 55.6 Å². The van der Waals surface area contributed by atoms with Crippen molar-refractivity contribution in [3.05, 3.63) is 55.9 Å². The van der Waals surface area contributed by atoms with Gasteiger partial charge in [-0.1, -0.05) is 17.7 Å². The molecule has 0 spiro atoms. The number of hydrogen-bond donors (Lipinski definition) is 2. The number of carbonyl (C=O) groups excluding carboxylic acids is 1. The number of hydrogen-bond acceptors (Lipinski definition) is 4. The van der Waals surface area contributed by atoms with Gasteiger partial charge >= 0.3 is 0 Å². The zero-order valence-electron chi connectivity index (χ0n) is 11.6. The van der Waals surface area contributed by atoms with E-state index in [0.717, 1.165) is 0 Å². The van der Waals surface area contributed by atoms with Gasteiger partial charge in [-0.2, -0.15) is 5.10 Å². The van der Waals surface area contributed by atoms with Crippen LogP contribution in [0.15, 0.2) is 50.4 Å². The van der Waals surface area contributed by atoms with E-state index in [1.807, 2.05) is 0 Å². The number of halogens is 3. The predicted molar refractivity (Wildman–Crippen MR) is 96.2 cm³/mol. The number of phenols is 1. The maximum absolute atomic E-state index is 11.6. The molecule has 0 aliphatic rings. The van der Waals surface area contributed by atoms with Crippen LogP contribution in [0.4, 0.5) is 0 Å². The van der Waals surface area contributed by atoms with E-state index in [9.17, 15) is 9.90 Å². The Balaban J connectivity index is 1.86. The van der Waals surface area contributed by atoms with E-state index in [4.69, 9.17) is 16.3 Å². The highest BCUT2D eigenvalue weighted by Gasteiger charge is 2.05. The van der Waals surface area contributed by atoms with Gasteiger partial charge in [0.15, 0.2) is 6.61 Å². The van der Waals surface area contributed by atoms with Gasteiger partial charge < -0.3 is 9.84 Å². The molecule has 0 aromatic heterocycles. The second-order valence-electron chi connectivity index (χ2n) is 4.37. The van der Waals surface area contributed by atoms with Crippen LogP contribution in [-0.2, 0) is 4.79 Å². The highest BCUT2D eigenvalue weighted by atomic mass is 79.9. The Labute approximate surface area is 154 Å². The van der Waals surface area contributed by atoms with Crippen LogP contribution in [0.3, 0.4) is 0 Å². The average molecular weight is 463 g/mol. The Morgan fingerprint density at radius 3 is 2.65 bits per heavy atom. The van der Waals surface area contributed by atoms with Crippen molar-refractivity contribution in [2.75, 3.05) is 6.61 Å². The van der Waals surface area contributed by atoms with Gasteiger partial charge in [-0.05, 0) is 67.8 Å². The first-order valence-corrected chi connectivity index (χ1v) is 8.30. The summed E-state index contributed by atoms with van der Waals surface area (Å²) in [6.07, 6.45) is 1.45. The third-order valence-corrected chi connectivity index (χ3v) is 4.05. The molecule has 2 aromatic carbocycles.